The van der Waals surface area contributed by atoms with Gasteiger partial charge in [-0.3, -0.25) is 0 Å². The van der Waals surface area contributed by atoms with Gasteiger partial charge in [-0.25, -0.2) is 0 Å². The van der Waals surface area contributed by atoms with Crippen LogP contribution in [0.25, 0.3) is 11.4 Å². The fourth-order valence-electron chi connectivity index (χ4n) is 2.74. The largest absolute Gasteiger partial charge is 0.337 e. The summed E-state index contributed by atoms with van der Waals surface area (Å²) in [6.45, 7) is 5.44. The number of piperidine rings is 1. The Hall–Kier alpha value is -0.910. The van der Waals surface area contributed by atoms with Crippen LogP contribution >= 0.6 is 27.5 Å². The highest BCUT2D eigenvalue weighted by atomic mass is 79.9. The van der Waals surface area contributed by atoms with Crippen LogP contribution in [0.1, 0.15) is 38.6 Å². The second-order valence-electron chi connectivity index (χ2n) is 6.06. The summed E-state index contributed by atoms with van der Waals surface area (Å²) < 4.78 is 6.32. The maximum Gasteiger partial charge on any atom is 0.244 e. The third-order valence-electron chi connectivity index (χ3n) is 3.99. The van der Waals surface area contributed by atoms with E-state index in [9.17, 15) is 0 Å². The van der Waals surface area contributed by atoms with Crippen molar-refractivity contribution >= 4 is 27.5 Å². The van der Waals surface area contributed by atoms with Gasteiger partial charge in [-0.15, -0.1) is 0 Å². The smallest absolute Gasteiger partial charge is 0.244 e. The van der Waals surface area contributed by atoms with Gasteiger partial charge in [0.2, 0.25) is 11.7 Å². The molecule has 0 saturated carbocycles. The second-order valence-corrected chi connectivity index (χ2v) is 7.33. The maximum absolute atomic E-state index is 6.01. The van der Waals surface area contributed by atoms with Gasteiger partial charge in [0.15, 0.2) is 0 Å². The van der Waals surface area contributed by atoms with Crippen LogP contribution in [0.2, 0.25) is 5.02 Å². The molecule has 1 atom stereocenters. The molecule has 1 fully saturated rings. The van der Waals surface area contributed by atoms with Gasteiger partial charge in [-0.1, -0.05) is 30.6 Å². The Morgan fingerprint density at radius 2 is 2.24 bits per heavy atom. The van der Waals surface area contributed by atoms with Gasteiger partial charge in [-0.2, -0.15) is 4.98 Å². The lowest BCUT2D eigenvalue weighted by atomic mass is 9.77. The zero-order chi connectivity index (χ0) is 15.0. The van der Waals surface area contributed by atoms with Crippen molar-refractivity contribution in [3.05, 3.63) is 33.6 Å². The van der Waals surface area contributed by atoms with Crippen molar-refractivity contribution in [3.63, 3.8) is 0 Å². The minimum atomic E-state index is 0.100. The first-order valence-corrected chi connectivity index (χ1v) is 8.17. The Morgan fingerprint density at radius 1 is 1.43 bits per heavy atom. The highest BCUT2D eigenvalue weighted by Crippen LogP contribution is 2.39. The van der Waals surface area contributed by atoms with E-state index in [0.29, 0.717) is 16.7 Å². The zero-order valence-corrected chi connectivity index (χ0v) is 14.3. The number of rotatable bonds is 2. The van der Waals surface area contributed by atoms with Crippen LogP contribution in [0.4, 0.5) is 0 Å². The van der Waals surface area contributed by atoms with Crippen molar-refractivity contribution < 1.29 is 4.52 Å². The van der Waals surface area contributed by atoms with E-state index in [-0.39, 0.29) is 11.5 Å². The maximum atomic E-state index is 6.01. The predicted molar refractivity (Wildman–Crippen MR) is 86.2 cm³/mol. The summed E-state index contributed by atoms with van der Waals surface area (Å²) in [5.74, 6) is 1.24. The van der Waals surface area contributed by atoms with Crippen molar-refractivity contribution in [2.75, 3.05) is 6.54 Å². The number of benzene rings is 1. The van der Waals surface area contributed by atoms with E-state index in [4.69, 9.17) is 16.1 Å². The molecular weight excluding hydrogens is 354 g/mol. The zero-order valence-electron chi connectivity index (χ0n) is 12.0. The molecule has 0 aliphatic carbocycles. The number of nitrogens with zero attached hydrogens (tertiary/aromatic N) is 2. The Morgan fingerprint density at radius 3 is 2.95 bits per heavy atom. The number of aromatic nitrogens is 2. The van der Waals surface area contributed by atoms with Gasteiger partial charge in [0.1, 0.15) is 0 Å². The van der Waals surface area contributed by atoms with Crippen molar-refractivity contribution in [1.82, 2.24) is 15.5 Å². The van der Waals surface area contributed by atoms with E-state index >= 15 is 0 Å². The monoisotopic (exact) mass is 369 g/mol. The number of nitrogens with one attached hydrogen (secondary N) is 1. The highest BCUT2D eigenvalue weighted by Gasteiger charge is 2.37. The molecule has 0 radical (unpaired) electrons. The molecule has 6 heteroatoms. The Balaban J connectivity index is 1.90. The van der Waals surface area contributed by atoms with E-state index in [0.717, 1.165) is 23.0 Å². The Kier molecular flexibility index (Phi) is 4.08. The molecule has 4 nitrogen and oxygen atoms in total. The molecule has 1 saturated heterocycles. The normalized spacial score (nSPS) is 21.4. The first kappa shape index (κ1) is 15.0. The van der Waals surface area contributed by atoms with Crippen molar-refractivity contribution in [1.29, 1.82) is 0 Å². The standard InChI is InChI=1S/C15H17BrClN3O/c1-15(2)6-3-7-18-12(15)14-19-13(20-21-14)9-4-5-11(17)10(16)8-9/h4-5,8,12,18H,3,6-7H2,1-2H3. The summed E-state index contributed by atoms with van der Waals surface area (Å²) in [5, 5.41) is 8.26. The molecule has 1 aromatic heterocycles. The van der Waals surface area contributed by atoms with Gasteiger partial charge in [0.25, 0.3) is 0 Å². The average Bonchev–Trinajstić information content (AvgIpc) is 2.91. The summed E-state index contributed by atoms with van der Waals surface area (Å²) in [4.78, 5) is 4.57. The number of halogens is 2. The lowest BCUT2D eigenvalue weighted by molar-refractivity contribution is 0.146. The van der Waals surface area contributed by atoms with E-state index in [2.05, 4.69) is 45.2 Å². The third kappa shape index (κ3) is 3.00. The van der Waals surface area contributed by atoms with Crippen LogP contribution < -0.4 is 5.32 Å². The second kappa shape index (κ2) is 5.71. The minimum absolute atomic E-state index is 0.100. The lowest BCUT2D eigenvalue weighted by Crippen LogP contribution is -2.39. The van der Waals surface area contributed by atoms with Crippen molar-refractivity contribution in [2.45, 2.75) is 32.7 Å². The first-order valence-electron chi connectivity index (χ1n) is 7.00. The summed E-state index contributed by atoms with van der Waals surface area (Å²) in [7, 11) is 0. The van der Waals surface area contributed by atoms with Crippen LogP contribution in [0, 0.1) is 5.41 Å². The molecule has 1 aliphatic rings. The fraction of sp³-hybridized carbons (Fsp3) is 0.467. The first-order chi connectivity index (χ1) is 9.97. The topological polar surface area (TPSA) is 51.0 Å². The third-order valence-corrected chi connectivity index (χ3v) is 5.21. The number of hydrogen-bond acceptors (Lipinski definition) is 4. The average molecular weight is 371 g/mol. The van der Waals surface area contributed by atoms with Gasteiger partial charge >= 0.3 is 0 Å². The summed E-state index contributed by atoms with van der Waals surface area (Å²) in [5.41, 5.74) is 0.998. The summed E-state index contributed by atoms with van der Waals surface area (Å²) >= 11 is 9.43. The van der Waals surface area contributed by atoms with Gasteiger partial charge < -0.3 is 9.84 Å². The van der Waals surface area contributed by atoms with E-state index in [1.165, 1.54) is 6.42 Å². The van der Waals surface area contributed by atoms with Crippen LogP contribution in [-0.4, -0.2) is 16.7 Å². The Labute approximate surface area is 137 Å². The molecule has 0 spiro atoms. The molecule has 0 amide bonds. The van der Waals surface area contributed by atoms with Crippen LogP contribution in [-0.2, 0) is 0 Å². The molecule has 0 bridgehead atoms. The SMILES string of the molecule is CC1(C)CCCNC1c1nc(-c2ccc(Cl)c(Br)c2)no1. The van der Waals surface area contributed by atoms with E-state index in [1.807, 2.05) is 18.2 Å². The van der Waals surface area contributed by atoms with Crippen LogP contribution in [0.15, 0.2) is 27.2 Å². The van der Waals surface area contributed by atoms with Crippen LogP contribution in [0.3, 0.4) is 0 Å². The molecule has 1 aliphatic heterocycles. The van der Waals surface area contributed by atoms with E-state index in [1.54, 1.807) is 0 Å². The fourth-order valence-corrected chi connectivity index (χ4v) is 3.23. The van der Waals surface area contributed by atoms with Gasteiger partial charge in [0.05, 0.1) is 11.1 Å². The molecule has 112 valence electrons. The predicted octanol–water partition coefficient (Wildman–Crippen LogP) is 4.60. The van der Waals surface area contributed by atoms with E-state index < -0.39 is 0 Å². The highest BCUT2D eigenvalue weighted by molar-refractivity contribution is 9.10. The Bertz CT molecular complexity index is 656. The molecule has 21 heavy (non-hydrogen) atoms. The minimum Gasteiger partial charge on any atom is -0.337 e. The lowest BCUT2D eigenvalue weighted by Gasteiger charge is -2.36. The molecule has 3 rings (SSSR count). The molecule has 1 aromatic carbocycles. The van der Waals surface area contributed by atoms with Crippen LogP contribution in [0.5, 0.6) is 0 Å². The number of hydrogen-bond donors (Lipinski definition) is 1. The molecule has 1 unspecified atom stereocenters. The summed E-state index contributed by atoms with van der Waals surface area (Å²) in [6, 6.07) is 5.71. The molecule has 2 aromatic rings. The van der Waals surface area contributed by atoms with Gasteiger partial charge in [-0.05, 0) is 58.9 Å². The molecule has 1 N–H and O–H groups in total. The van der Waals surface area contributed by atoms with Crippen molar-refractivity contribution in [3.8, 4) is 11.4 Å². The van der Waals surface area contributed by atoms with Crippen molar-refractivity contribution in [2.24, 2.45) is 5.41 Å². The molecular formula is C15H17BrClN3O. The summed E-state index contributed by atoms with van der Waals surface area (Å²) in [6.07, 6.45) is 2.32. The van der Waals surface area contributed by atoms with Gasteiger partial charge in [0, 0.05) is 10.0 Å². The molecule has 2 heterocycles. The quantitative estimate of drug-likeness (QED) is 0.839.